The van der Waals surface area contributed by atoms with E-state index in [0.717, 1.165) is 11.3 Å². The highest BCUT2D eigenvalue weighted by Gasteiger charge is 2.22. The molecule has 0 spiro atoms. The number of hydrogen-bond acceptors (Lipinski definition) is 3. The van der Waals surface area contributed by atoms with Gasteiger partial charge in [-0.1, -0.05) is 11.6 Å². The van der Waals surface area contributed by atoms with E-state index in [4.69, 9.17) is 26.8 Å². The van der Waals surface area contributed by atoms with E-state index in [1.54, 1.807) is 13.2 Å². The van der Waals surface area contributed by atoms with Gasteiger partial charge >= 0.3 is 0 Å². The number of fused-ring (bicyclic) bond motifs is 1. The molecule has 13 heavy (non-hydrogen) atoms. The minimum absolute atomic E-state index is 0.0684. The predicted octanol–water partition coefficient (Wildman–Crippen LogP) is 1.74. The molecule has 3 nitrogen and oxygen atoms in total. The fourth-order valence-corrected chi connectivity index (χ4v) is 1.62. The predicted molar refractivity (Wildman–Crippen MR) is 50.4 cm³/mol. The first-order valence-electron chi connectivity index (χ1n) is 3.98. The van der Waals surface area contributed by atoms with Gasteiger partial charge in [-0.05, 0) is 6.07 Å². The van der Waals surface area contributed by atoms with Gasteiger partial charge in [0.2, 0.25) is 0 Å². The molecule has 1 aromatic rings. The van der Waals surface area contributed by atoms with E-state index < -0.39 is 0 Å². The number of nitrogens with two attached hydrogens (primary N) is 1. The number of methoxy groups -OCH3 is 1. The highest BCUT2D eigenvalue weighted by molar-refractivity contribution is 6.32. The second-order valence-electron chi connectivity index (χ2n) is 2.94. The highest BCUT2D eigenvalue weighted by Crippen LogP contribution is 2.38. The van der Waals surface area contributed by atoms with Crippen LogP contribution in [0.2, 0.25) is 5.02 Å². The van der Waals surface area contributed by atoms with E-state index in [1.165, 1.54) is 0 Å². The summed E-state index contributed by atoms with van der Waals surface area (Å²) < 4.78 is 10.4. The maximum Gasteiger partial charge on any atom is 0.138 e. The van der Waals surface area contributed by atoms with Crippen LogP contribution >= 0.6 is 11.6 Å². The fraction of sp³-hybridized carbons (Fsp3) is 0.333. The van der Waals surface area contributed by atoms with Crippen LogP contribution in [-0.4, -0.2) is 13.7 Å². The molecule has 0 radical (unpaired) electrons. The van der Waals surface area contributed by atoms with E-state index in [9.17, 15) is 0 Å². The van der Waals surface area contributed by atoms with Gasteiger partial charge in [0.15, 0.2) is 0 Å². The molecular formula is C9H10ClNO2. The molecule has 70 valence electrons. The maximum absolute atomic E-state index is 5.91. The Hall–Kier alpha value is -0.930. The van der Waals surface area contributed by atoms with Crippen molar-refractivity contribution in [2.45, 2.75) is 6.04 Å². The number of halogens is 1. The van der Waals surface area contributed by atoms with Gasteiger partial charge in [-0.3, -0.25) is 0 Å². The maximum atomic E-state index is 5.91. The highest BCUT2D eigenvalue weighted by atomic mass is 35.5. The Morgan fingerprint density at radius 2 is 2.38 bits per heavy atom. The summed E-state index contributed by atoms with van der Waals surface area (Å²) in [4.78, 5) is 0. The summed E-state index contributed by atoms with van der Waals surface area (Å²) in [7, 11) is 1.58. The average molecular weight is 200 g/mol. The summed E-state index contributed by atoms with van der Waals surface area (Å²) in [6.45, 7) is 0.513. The zero-order chi connectivity index (χ0) is 9.42. The molecule has 1 aliphatic rings. The summed E-state index contributed by atoms with van der Waals surface area (Å²) >= 11 is 5.91. The van der Waals surface area contributed by atoms with Crippen molar-refractivity contribution in [2.75, 3.05) is 13.7 Å². The van der Waals surface area contributed by atoms with Gasteiger partial charge in [0.1, 0.15) is 18.1 Å². The fourth-order valence-electron chi connectivity index (χ4n) is 1.39. The van der Waals surface area contributed by atoms with Gasteiger partial charge in [-0.15, -0.1) is 0 Å². The van der Waals surface area contributed by atoms with Gasteiger partial charge < -0.3 is 15.2 Å². The number of rotatable bonds is 1. The Labute approximate surface area is 81.4 Å². The zero-order valence-electron chi connectivity index (χ0n) is 7.21. The normalized spacial score (nSPS) is 19.5. The Bertz CT molecular complexity index is 341. The molecule has 1 heterocycles. The molecule has 1 aromatic carbocycles. The van der Waals surface area contributed by atoms with Crippen molar-refractivity contribution in [1.29, 1.82) is 0 Å². The first-order chi connectivity index (χ1) is 6.22. The molecule has 0 aromatic heterocycles. The molecule has 0 fully saturated rings. The van der Waals surface area contributed by atoms with Crippen LogP contribution in [-0.2, 0) is 0 Å². The topological polar surface area (TPSA) is 44.5 Å². The van der Waals surface area contributed by atoms with Crippen molar-refractivity contribution in [2.24, 2.45) is 5.73 Å². The van der Waals surface area contributed by atoms with Crippen molar-refractivity contribution in [1.82, 2.24) is 0 Å². The lowest BCUT2D eigenvalue weighted by Crippen LogP contribution is -2.10. The molecule has 0 amide bonds. The molecular weight excluding hydrogens is 190 g/mol. The van der Waals surface area contributed by atoms with E-state index in [1.807, 2.05) is 6.07 Å². The summed E-state index contributed by atoms with van der Waals surface area (Å²) in [5.41, 5.74) is 6.76. The van der Waals surface area contributed by atoms with Crippen molar-refractivity contribution in [3.8, 4) is 11.5 Å². The van der Waals surface area contributed by atoms with E-state index in [0.29, 0.717) is 17.4 Å². The number of hydrogen-bond donors (Lipinski definition) is 1. The molecule has 1 aliphatic heterocycles. The lowest BCUT2D eigenvalue weighted by molar-refractivity contribution is 0.333. The minimum Gasteiger partial charge on any atom is -0.495 e. The molecule has 1 unspecified atom stereocenters. The van der Waals surface area contributed by atoms with E-state index in [2.05, 4.69) is 0 Å². The molecule has 0 bridgehead atoms. The Balaban J connectivity index is 2.51. The van der Waals surface area contributed by atoms with Crippen molar-refractivity contribution in [3.05, 3.63) is 22.7 Å². The molecule has 4 heteroatoms. The summed E-state index contributed by atoms with van der Waals surface area (Å²) in [5.74, 6) is 1.40. The van der Waals surface area contributed by atoms with Crippen molar-refractivity contribution >= 4 is 11.6 Å². The van der Waals surface area contributed by atoms with E-state index >= 15 is 0 Å². The smallest absolute Gasteiger partial charge is 0.138 e. The van der Waals surface area contributed by atoms with Crippen LogP contribution in [0.1, 0.15) is 11.6 Å². The lowest BCUT2D eigenvalue weighted by atomic mass is 10.1. The largest absolute Gasteiger partial charge is 0.495 e. The first-order valence-corrected chi connectivity index (χ1v) is 4.36. The SMILES string of the molecule is COc1cc2c(cc1Cl)OCC2N. The minimum atomic E-state index is -0.0684. The van der Waals surface area contributed by atoms with Crippen LogP contribution in [0.4, 0.5) is 0 Å². The molecule has 0 aliphatic carbocycles. The van der Waals surface area contributed by atoms with Gasteiger partial charge in [0.25, 0.3) is 0 Å². The second-order valence-corrected chi connectivity index (χ2v) is 3.35. The van der Waals surface area contributed by atoms with Gasteiger partial charge in [0.05, 0.1) is 18.2 Å². The monoisotopic (exact) mass is 199 g/mol. The standard InChI is InChI=1S/C9H10ClNO2/c1-12-9-2-5-7(11)4-13-8(5)3-6(9)10/h2-3,7H,4,11H2,1H3. The molecule has 0 saturated carbocycles. The number of ether oxygens (including phenoxy) is 2. The van der Waals surface area contributed by atoms with Crippen LogP contribution in [0.3, 0.4) is 0 Å². The van der Waals surface area contributed by atoms with Crippen LogP contribution < -0.4 is 15.2 Å². The van der Waals surface area contributed by atoms with Crippen LogP contribution in [0.25, 0.3) is 0 Å². The van der Waals surface area contributed by atoms with Gasteiger partial charge in [-0.25, -0.2) is 0 Å². The summed E-state index contributed by atoms with van der Waals surface area (Å²) in [6.07, 6.45) is 0. The lowest BCUT2D eigenvalue weighted by Gasteiger charge is -2.06. The van der Waals surface area contributed by atoms with Gasteiger partial charge in [0, 0.05) is 11.6 Å². The third-order valence-electron chi connectivity index (χ3n) is 2.10. The molecule has 2 N–H and O–H groups in total. The third-order valence-corrected chi connectivity index (χ3v) is 2.40. The third kappa shape index (κ3) is 1.34. The Morgan fingerprint density at radius 3 is 3.08 bits per heavy atom. The number of benzene rings is 1. The van der Waals surface area contributed by atoms with Gasteiger partial charge in [-0.2, -0.15) is 0 Å². The van der Waals surface area contributed by atoms with Crippen molar-refractivity contribution in [3.63, 3.8) is 0 Å². The second kappa shape index (κ2) is 3.09. The summed E-state index contributed by atoms with van der Waals surface area (Å²) in [5, 5.41) is 0.551. The quantitative estimate of drug-likeness (QED) is 0.750. The van der Waals surface area contributed by atoms with E-state index in [-0.39, 0.29) is 6.04 Å². The zero-order valence-corrected chi connectivity index (χ0v) is 7.97. The first kappa shape index (κ1) is 8.66. The van der Waals surface area contributed by atoms with Crippen LogP contribution in [0.5, 0.6) is 11.5 Å². The molecule has 2 rings (SSSR count). The van der Waals surface area contributed by atoms with Crippen molar-refractivity contribution < 1.29 is 9.47 Å². The Morgan fingerprint density at radius 1 is 1.62 bits per heavy atom. The van der Waals surface area contributed by atoms with Crippen LogP contribution in [0.15, 0.2) is 12.1 Å². The average Bonchev–Trinajstić information content (AvgIpc) is 2.46. The Kier molecular flexibility index (Phi) is 2.06. The summed E-state index contributed by atoms with van der Waals surface area (Å²) in [6, 6.07) is 3.50. The van der Waals surface area contributed by atoms with Crippen LogP contribution in [0, 0.1) is 0 Å². The molecule has 0 saturated heterocycles. The molecule has 1 atom stereocenters.